The summed E-state index contributed by atoms with van der Waals surface area (Å²) in [6, 6.07) is 11.7. The first-order valence-electron chi connectivity index (χ1n) is 10.3. The maximum atomic E-state index is 13.4. The summed E-state index contributed by atoms with van der Waals surface area (Å²) in [6.07, 6.45) is 0.00398. The number of hydrogen-bond acceptors (Lipinski definition) is 5. The van der Waals surface area contributed by atoms with Gasteiger partial charge in [-0.2, -0.15) is 0 Å². The molecule has 2 aromatic carbocycles. The Kier molecular flexibility index (Phi) is 7.02. The second-order valence-electron chi connectivity index (χ2n) is 8.21. The number of rotatable bonds is 7. The molecule has 8 heteroatoms. The fraction of sp³-hybridized carbons (Fsp3) is 0.333. The van der Waals surface area contributed by atoms with E-state index >= 15 is 0 Å². The van der Waals surface area contributed by atoms with E-state index in [1.807, 2.05) is 13.8 Å². The number of amides is 1. The van der Waals surface area contributed by atoms with Crippen molar-refractivity contribution in [3.63, 3.8) is 0 Å². The van der Waals surface area contributed by atoms with Crippen LogP contribution in [0.5, 0.6) is 0 Å². The summed E-state index contributed by atoms with van der Waals surface area (Å²) in [6.45, 7) is 5.82. The van der Waals surface area contributed by atoms with Crippen molar-refractivity contribution in [2.45, 2.75) is 39.7 Å². The van der Waals surface area contributed by atoms with Crippen molar-refractivity contribution in [3.05, 3.63) is 86.9 Å². The van der Waals surface area contributed by atoms with Crippen LogP contribution in [-0.4, -0.2) is 28.3 Å². The van der Waals surface area contributed by atoms with Crippen LogP contribution in [0.2, 0.25) is 0 Å². The van der Waals surface area contributed by atoms with Gasteiger partial charge in [0.15, 0.2) is 0 Å². The van der Waals surface area contributed by atoms with E-state index in [0.717, 1.165) is 0 Å². The van der Waals surface area contributed by atoms with Gasteiger partial charge in [-0.05, 0) is 36.1 Å². The number of carbonyl (C=O) groups excluding carboxylic acids is 2. The lowest BCUT2D eigenvalue weighted by Gasteiger charge is -2.34. The molecular weight excluding hydrogens is 415 g/mol. The average molecular weight is 440 g/mol. The molecule has 168 valence electrons. The Hall–Kier alpha value is -3.55. The highest BCUT2D eigenvalue weighted by Gasteiger charge is 2.37. The van der Waals surface area contributed by atoms with Crippen LogP contribution in [0.1, 0.15) is 44.2 Å². The van der Waals surface area contributed by atoms with E-state index in [-0.39, 0.29) is 37.1 Å². The predicted molar refractivity (Wildman–Crippen MR) is 116 cm³/mol. The molecular formula is C24H25FN2O5. The van der Waals surface area contributed by atoms with Crippen LogP contribution in [0.3, 0.4) is 0 Å². The standard InChI is InChI=1S/C24H25FN2O5/c1-15(2)14-32-24(29)23-16(3)26(13-17-5-4-6-20(11-17)27(30)31)22(28)12-21(23)18-7-9-19(25)10-8-18/h4-11,15,21H,12-14H2,1-3H3. The minimum atomic E-state index is -0.566. The third kappa shape index (κ3) is 5.19. The van der Waals surface area contributed by atoms with Gasteiger partial charge in [0.05, 0.1) is 23.6 Å². The number of hydrogen-bond donors (Lipinski definition) is 0. The number of nitro benzene ring substituents is 1. The Labute approximate surface area is 185 Å². The number of halogens is 1. The van der Waals surface area contributed by atoms with E-state index in [1.165, 1.54) is 29.2 Å². The van der Waals surface area contributed by atoms with Gasteiger partial charge in [0, 0.05) is 30.2 Å². The first-order valence-corrected chi connectivity index (χ1v) is 10.3. The maximum absolute atomic E-state index is 13.4. The van der Waals surface area contributed by atoms with E-state index < -0.39 is 22.6 Å². The van der Waals surface area contributed by atoms with Crippen LogP contribution < -0.4 is 0 Å². The van der Waals surface area contributed by atoms with Crippen molar-refractivity contribution in [1.29, 1.82) is 0 Å². The van der Waals surface area contributed by atoms with Gasteiger partial charge in [-0.1, -0.05) is 38.1 Å². The first kappa shape index (κ1) is 23.1. The van der Waals surface area contributed by atoms with E-state index in [4.69, 9.17) is 4.74 Å². The SMILES string of the molecule is CC1=C(C(=O)OCC(C)C)C(c2ccc(F)cc2)CC(=O)N1Cc1cccc([N+](=O)[O-])c1. The Balaban J connectivity index is 2.00. The molecule has 0 fully saturated rings. The van der Waals surface area contributed by atoms with Gasteiger partial charge in [0.1, 0.15) is 5.82 Å². The van der Waals surface area contributed by atoms with Crippen LogP contribution in [0.15, 0.2) is 59.8 Å². The van der Waals surface area contributed by atoms with Crippen LogP contribution in [-0.2, 0) is 20.9 Å². The van der Waals surface area contributed by atoms with E-state index in [2.05, 4.69) is 0 Å². The molecule has 0 aliphatic carbocycles. The van der Waals surface area contributed by atoms with Crippen molar-refractivity contribution < 1.29 is 23.6 Å². The molecule has 1 aliphatic rings. The van der Waals surface area contributed by atoms with Gasteiger partial charge < -0.3 is 9.64 Å². The highest BCUT2D eigenvalue weighted by molar-refractivity contribution is 5.95. The number of benzene rings is 2. The summed E-state index contributed by atoms with van der Waals surface area (Å²) >= 11 is 0. The molecule has 1 aliphatic heterocycles. The third-order valence-electron chi connectivity index (χ3n) is 5.33. The number of carbonyl (C=O) groups is 2. The van der Waals surface area contributed by atoms with Crippen molar-refractivity contribution in [1.82, 2.24) is 4.90 Å². The highest BCUT2D eigenvalue weighted by atomic mass is 19.1. The molecule has 0 saturated carbocycles. The van der Waals surface area contributed by atoms with E-state index in [1.54, 1.807) is 31.2 Å². The molecule has 0 N–H and O–H groups in total. The molecule has 0 aromatic heterocycles. The smallest absolute Gasteiger partial charge is 0.336 e. The lowest BCUT2D eigenvalue weighted by atomic mass is 9.83. The largest absolute Gasteiger partial charge is 0.462 e. The topological polar surface area (TPSA) is 89.8 Å². The molecule has 0 radical (unpaired) electrons. The lowest BCUT2D eigenvalue weighted by molar-refractivity contribution is -0.384. The Morgan fingerprint density at radius 1 is 1.25 bits per heavy atom. The monoisotopic (exact) mass is 440 g/mol. The Morgan fingerprint density at radius 2 is 1.94 bits per heavy atom. The van der Waals surface area contributed by atoms with Crippen LogP contribution >= 0.6 is 0 Å². The second kappa shape index (κ2) is 9.72. The summed E-state index contributed by atoms with van der Waals surface area (Å²) in [5.74, 6) is -1.60. The van der Waals surface area contributed by atoms with Gasteiger partial charge in [-0.15, -0.1) is 0 Å². The predicted octanol–water partition coefficient (Wildman–Crippen LogP) is 4.72. The van der Waals surface area contributed by atoms with Gasteiger partial charge in [0.2, 0.25) is 5.91 Å². The van der Waals surface area contributed by atoms with Crippen molar-refractivity contribution in [2.24, 2.45) is 5.92 Å². The fourth-order valence-corrected chi connectivity index (χ4v) is 3.72. The van der Waals surface area contributed by atoms with Gasteiger partial charge >= 0.3 is 5.97 Å². The second-order valence-corrected chi connectivity index (χ2v) is 8.21. The Bertz CT molecular complexity index is 1060. The van der Waals surface area contributed by atoms with Crippen molar-refractivity contribution in [2.75, 3.05) is 6.61 Å². The molecule has 1 unspecified atom stereocenters. The van der Waals surface area contributed by atoms with Crippen molar-refractivity contribution in [3.8, 4) is 0 Å². The van der Waals surface area contributed by atoms with Gasteiger partial charge in [0.25, 0.3) is 5.69 Å². The molecule has 0 spiro atoms. The fourth-order valence-electron chi connectivity index (χ4n) is 3.72. The van der Waals surface area contributed by atoms with Crippen molar-refractivity contribution >= 4 is 17.6 Å². The summed E-state index contributed by atoms with van der Waals surface area (Å²) in [5, 5.41) is 11.1. The zero-order valence-corrected chi connectivity index (χ0v) is 18.2. The van der Waals surface area contributed by atoms with Crippen LogP contribution in [0, 0.1) is 21.8 Å². The molecule has 1 amide bonds. The third-order valence-corrected chi connectivity index (χ3v) is 5.33. The Morgan fingerprint density at radius 3 is 2.56 bits per heavy atom. The van der Waals surface area contributed by atoms with E-state index in [9.17, 15) is 24.1 Å². The number of nitro groups is 1. The lowest BCUT2D eigenvalue weighted by Crippen LogP contribution is -2.38. The number of nitrogens with zero attached hydrogens (tertiary/aromatic N) is 2. The zero-order chi connectivity index (χ0) is 23.4. The highest BCUT2D eigenvalue weighted by Crippen LogP contribution is 2.38. The molecule has 7 nitrogen and oxygen atoms in total. The van der Waals surface area contributed by atoms with Gasteiger partial charge in [-0.25, -0.2) is 9.18 Å². The maximum Gasteiger partial charge on any atom is 0.336 e. The van der Waals surface area contributed by atoms with E-state index in [0.29, 0.717) is 22.4 Å². The molecule has 1 atom stereocenters. The minimum absolute atomic E-state index is 0.00398. The molecule has 0 bridgehead atoms. The summed E-state index contributed by atoms with van der Waals surface area (Å²) in [5.41, 5.74) is 1.90. The molecule has 0 saturated heterocycles. The number of non-ortho nitro benzene ring substituents is 1. The summed E-state index contributed by atoms with van der Waals surface area (Å²) in [4.78, 5) is 38.1. The summed E-state index contributed by atoms with van der Waals surface area (Å²) < 4.78 is 18.9. The number of ether oxygens (including phenoxy) is 1. The normalized spacial score (nSPS) is 16.5. The molecule has 32 heavy (non-hydrogen) atoms. The molecule has 2 aromatic rings. The summed E-state index contributed by atoms with van der Waals surface area (Å²) in [7, 11) is 0. The van der Waals surface area contributed by atoms with Crippen LogP contribution in [0.25, 0.3) is 0 Å². The number of esters is 1. The van der Waals surface area contributed by atoms with Crippen LogP contribution in [0.4, 0.5) is 10.1 Å². The molecule has 3 rings (SSSR count). The number of allylic oxidation sites excluding steroid dienone is 1. The first-order chi connectivity index (χ1) is 15.2. The van der Waals surface area contributed by atoms with Gasteiger partial charge in [-0.3, -0.25) is 14.9 Å². The average Bonchev–Trinajstić information content (AvgIpc) is 2.75. The zero-order valence-electron chi connectivity index (χ0n) is 18.2. The molecule has 1 heterocycles. The quantitative estimate of drug-likeness (QED) is 0.353. The minimum Gasteiger partial charge on any atom is -0.462 e.